The fourth-order valence-electron chi connectivity index (χ4n) is 5.19. The number of hydrogen-bond donors (Lipinski definition) is 1. The number of carbonyl (C=O) groups is 1. The van der Waals surface area contributed by atoms with Crippen LogP contribution >= 0.6 is 0 Å². The number of nitrogens with zero attached hydrogens (tertiary/aromatic N) is 2. The highest BCUT2D eigenvalue weighted by Gasteiger charge is 2.12. The Kier molecular flexibility index (Phi) is 13.9. The average Bonchev–Trinajstić information content (AvgIpc) is 3.29. The highest BCUT2D eigenvalue weighted by Crippen LogP contribution is 2.19. The number of aromatic nitrogens is 2. The summed E-state index contributed by atoms with van der Waals surface area (Å²) in [6, 6.07) is 13.8. The molecule has 2 aromatic carbocycles. The molecule has 1 N–H and O–H groups in total. The summed E-state index contributed by atoms with van der Waals surface area (Å²) in [5, 5.41) is 2.95. The minimum Gasteiger partial charge on any atom is -0.345 e. The second kappa shape index (κ2) is 17.8. The van der Waals surface area contributed by atoms with Crippen LogP contribution in [0, 0.1) is 5.82 Å². The van der Waals surface area contributed by atoms with Crippen molar-refractivity contribution in [2.24, 2.45) is 0 Å². The van der Waals surface area contributed by atoms with Gasteiger partial charge in [0.2, 0.25) is 0 Å². The van der Waals surface area contributed by atoms with Crippen LogP contribution in [0.1, 0.15) is 126 Å². The largest absolute Gasteiger partial charge is 0.345 e. The fraction of sp³-hybridized carbons (Fsp3) is 0.576. The first kappa shape index (κ1) is 29.9. The normalized spacial score (nSPS) is 11.3. The molecule has 0 aliphatic carbocycles. The van der Waals surface area contributed by atoms with Crippen molar-refractivity contribution in [3.63, 3.8) is 0 Å². The van der Waals surface area contributed by atoms with Crippen LogP contribution in [0.25, 0.3) is 11.0 Å². The van der Waals surface area contributed by atoms with Crippen LogP contribution < -0.4 is 5.32 Å². The number of unbranched alkanes of at least 4 members (excludes halogenated alkanes) is 15. The molecule has 0 spiro atoms. The Morgan fingerprint density at radius 1 is 0.737 bits per heavy atom. The maximum Gasteiger partial charge on any atom is 0.251 e. The number of aryl methyl sites for hydroxylation is 1. The van der Waals surface area contributed by atoms with Gasteiger partial charge in [-0.2, -0.15) is 0 Å². The quantitative estimate of drug-likeness (QED) is 0.151. The third kappa shape index (κ3) is 10.6. The van der Waals surface area contributed by atoms with E-state index in [9.17, 15) is 9.18 Å². The maximum absolute atomic E-state index is 13.2. The highest BCUT2D eigenvalue weighted by atomic mass is 19.1. The number of imidazole rings is 1. The molecule has 1 amide bonds. The van der Waals surface area contributed by atoms with Crippen molar-refractivity contribution in [2.45, 2.75) is 123 Å². The van der Waals surface area contributed by atoms with E-state index in [2.05, 4.69) is 22.9 Å². The monoisotopic (exact) mass is 521 g/mol. The number of benzene rings is 2. The molecule has 1 aromatic heterocycles. The van der Waals surface area contributed by atoms with Crippen molar-refractivity contribution in [3.8, 4) is 0 Å². The van der Waals surface area contributed by atoms with E-state index in [-0.39, 0.29) is 11.7 Å². The predicted molar refractivity (Wildman–Crippen MR) is 157 cm³/mol. The molecule has 0 aliphatic rings. The van der Waals surface area contributed by atoms with Gasteiger partial charge in [0, 0.05) is 12.1 Å². The smallest absolute Gasteiger partial charge is 0.251 e. The van der Waals surface area contributed by atoms with E-state index >= 15 is 0 Å². The third-order valence-electron chi connectivity index (χ3n) is 7.48. The molecule has 0 fully saturated rings. The molecule has 208 valence electrons. The lowest BCUT2D eigenvalue weighted by molar-refractivity contribution is 0.0949. The minimum absolute atomic E-state index is 0.217. The average molecular weight is 522 g/mol. The van der Waals surface area contributed by atoms with Gasteiger partial charge in [-0.1, -0.05) is 115 Å². The Morgan fingerprint density at radius 2 is 1.26 bits per heavy atom. The first-order valence-corrected chi connectivity index (χ1v) is 15.2. The van der Waals surface area contributed by atoms with Crippen molar-refractivity contribution in [1.82, 2.24) is 14.9 Å². The van der Waals surface area contributed by atoms with Gasteiger partial charge in [-0.15, -0.1) is 0 Å². The van der Waals surface area contributed by atoms with Gasteiger partial charge in [0.15, 0.2) is 0 Å². The lowest BCUT2D eigenvalue weighted by Gasteiger charge is -2.10. The van der Waals surface area contributed by atoms with Gasteiger partial charge < -0.3 is 9.88 Å². The van der Waals surface area contributed by atoms with E-state index in [1.807, 2.05) is 18.2 Å². The number of nitrogens with one attached hydrogen (secondary N) is 1. The molecule has 0 atom stereocenters. The minimum atomic E-state index is -0.345. The molecule has 3 rings (SSSR count). The number of rotatable bonds is 20. The summed E-state index contributed by atoms with van der Waals surface area (Å²) in [7, 11) is 0. The summed E-state index contributed by atoms with van der Waals surface area (Å²) in [6.07, 6.45) is 21.7. The van der Waals surface area contributed by atoms with Crippen molar-refractivity contribution < 1.29 is 9.18 Å². The summed E-state index contributed by atoms with van der Waals surface area (Å²) in [6.45, 7) is 3.54. The molecule has 4 nitrogen and oxygen atoms in total. The van der Waals surface area contributed by atoms with Crippen molar-refractivity contribution in [2.75, 3.05) is 0 Å². The van der Waals surface area contributed by atoms with Crippen LogP contribution in [0.3, 0.4) is 0 Å². The summed E-state index contributed by atoms with van der Waals surface area (Å²) >= 11 is 0. The molecule has 0 saturated heterocycles. The molecule has 1 heterocycles. The molecule has 0 radical (unpaired) electrons. The van der Waals surface area contributed by atoms with Crippen molar-refractivity contribution in [1.29, 1.82) is 0 Å². The second-order valence-electron chi connectivity index (χ2n) is 10.7. The predicted octanol–water partition coefficient (Wildman–Crippen LogP) is 9.37. The Hall–Kier alpha value is -2.69. The van der Waals surface area contributed by atoms with E-state index in [1.54, 1.807) is 0 Å². The van der Waals surface area contributed by atoms with Crippen molar-refractivity contribution in [3.05, 3.63) is 65.7 Å². The maximum atomic E-state index is 13.2. The van der Waals surface area contributed by atoms with E-state index in [0.29, 0.717) is 12.1 Å². The molecule has 38 heavy (non-hydrogen) atoms. The van der Waals surface area contributed by atoms with Crippen LogP contribution in [0.4, 0.5) is 4.39 Å². The molecule has 0 aliphatic heterocycles. The fourth-order valence-corrected chi connectivity index (χ4v) is 5.19. The van der Waals surface area contributed by atoms with Gasteiger partial charge in [0.05, 0.1) is 17.6 Å². The Labute approximate surface area is 229 Å². The molecule has 0 saturated carbocycles. The van der Waals surface area contributed by atoms with Crippen LogP contribution in [0.5, 0.6) is 0 Å². The van der Waals surface area contributed by atoms with Gasteiger partial charge in [0.25, 0.3) is 5.91 Å². The van der Waals surface area contributed by atoms with Gasteiger partial charge in [-0.25, -0.2) is 9.37 Å². The van der Waals surface area contributed by atoms with E-state index in [1.165, 1.54) is 121 Å². The zero-order valence-corrected chi connectivity index (χ0v) is 23.5. The SMILES string of the molecule is CCCCCCCCCCCCCCCCCCn1c(CNC(=O)c2ccc(F)cc2)nc2ccccc21. The van der Waals surface area contributed by atoms with Gasteiger partial charge in [-0.3, -0.25) is 4.79 Å². The first-order valence-electron chi connectivity index (χ1n) is 15.2. The van der Waals surface area contributed by atoms with Gasteiger partial charge in [0.1, 0.15) is 11.6 Å². The molecular weight excluding hydrogens is 473 g/mol. The summed E-state index contributed by atoms with van der Waals surface area (Å²) in [4.78, 5) is 17.3. The van der Waals surface area contributed by atoms with E-state index < -0.39 is 0 Å². The number of para-hydroxylation sites is 2. The number of amides is 1. The number of fused-ring (bicyclic) bond motifs is 1. The molecular formula is C33H48FN3O. The lowest BCUT2D eigenvalue weighted by Crippen LogP contribution is -2.24. The summed E-state index contributed by atoms with van der Waals surface area (Å²) < 4.78 is 15.4. The summed E-state index contributed by atoms with van der Waals surface area (Å²) in [5.41, 5.74) is 2.52. The topological polar surface area (TPSA) is 46.9 Å². The molecule has 0 unspecified atom stereocenters. The Bertz CT molecular complexity index is 1060. The molecule has 3 aromatic rings. The van der Waals surface area contributed by atoms with E-state index in [4.69, 9.17) is 4.98 Å². The lowest BCUT2D eigenvalue weighted by atomic mass is 10.0. The summed E-state index contributed by atoms with van der Waals surface area (Å²) in [5.74, 6) is 0.302. The van der Waals surface area contributed by atoms with Crippen molar-refractivity contribution >= 4 is 16.9 Å². The number of halogens is 1. The third-order valence-corrected chi connectivity index (χ3v) is 7.48. The molecule has 0 bridgehead atoms. The highest BCUT2D eigenvalue weighted by molar-refractivity contribution is 5.94. The van der Waals surface area contributed by atoms with Crippen LogP contribution in [0.2, 0.25) is 0 Å². The number of hydrogen-bond acceptors (Lipinski definition) is 2. The first-order chi connectivity index (χ1) is 18.7. The van der Waals surface area contributed by atoms with Crippen LogP contribution in [-0.2, 0) is 13.1 Å². The zero-order chi connectivity index (χ0) is 26.8. The standard InChI is InChI=1S/C33H48FN3O/c1-2-3-4-5-6-7-8-9-10-11-12-13-14-15-16-19-26-37-31-21-18-17-20-30(31)36-32(37)27-35-33(38)28-22-24-29(34)25-23-28/h17-18,20-25H,2-16,19,26-27H2,1H3,(H,35,38). The Morgan fingerprint density at radius 3 is 1.84 bits per heavy atom. The number of carbonyl (C=O) groups excluding carboxylic acids is 1. The zero-order valence-electron chi connectivity index (χ0n) is 23.5. The molecule has 5 heteroatoms. The van der Waals surface area contributed by atoms with Gasteiger partial charge >= 0.3 is 0 Å². The Balaban J connectivity index is 1.30. The van der Waals surface area contributed by atoms with Crippen LogP contribution in [-0.4, -0.2) is 15.5 Å². The van der Waals surface area contributed by atoms with E-state index in [0.717, 1.165) is 29.8 Å². The van der Waals surface area contributed by atoms with Crippen LogP contribution in [0.15, 0.2) is 48.5 Å². The second-order valence-corrected chi connectivity index (χ2v) is 10.7. The van der Waals surface area contributed by atoms with Gasteiger partial charge in [-0.05, 0) is 42.8 Å².